The fourth-order valence-electron chi connectivity index (χ4n) is 2.01. The molecule has 0 fully saturated rings. The number of nitrogens with two attached hydrogens (primary N) is 2. The molecule has 0 aliphatic carbocycles. The Balaban J connectivity index is 0.00000208. The molecule has 0 amide bonds. The number of pyridine rings is 2. The molecule has 0 spiro atoms. The molecule has 7 nitrogen and oxygen atoms in total. The van der Waals surface area contributed by atoms with Gasteiger partial charge in [0.1, 0.15) is 23.1 Å². The first-order chi connectivity index (χ1) is 11.0. The summed E-state index contributed by atoms with van der Waals surface area (Å²) >= 11 is 0. The summed E-state index contributed by atoms with van der Waals surface area (Å²) in [5.41, 5.74) is 13.2. The smallest absolute Gasteiger partial charge is 0.153 e. The Hall–Kier alpha value is -3.19. The normalized spacial score (nSPS) is 10.0. The van der Waals surface area contributed by atoms with E-state index in [1.54, 1.807) is 36.4 Å². The summed E-state index contributed by atoms with van der Waals surface area (Å²) in [4.78, 5) is 8.47. The SMILES string of the molecule is Cl.N=C(N)c1ccc(-c2ccc(-c3ccc(C(=N)N)cn3)o2)nc1. The van der Waals surface area contributed by atoms with E-state index >= 15 is 0 Å². The molecule has 24 heavy (non-hydrogen) atoms. The molecule has 0 bridgehead atoms. The average molecular weight is 343 g/mol. The highest BCUT2D eigenvalue weighted by atomic mass is 35.5. The fourth-order valence-corrected chi connectivity index (χ4v) is 2.01. The first kappa shape index (κ1) is 17.2. The first-order valence-electron chi connectivity index (χ1n) is 6.76. The summed E-state index contributed by atoms with van der Waals surface area (Å²) in [6, 6.07) is 10.5. The molecule has 0 radical (unpaired) electrons. The Morgan fingerprint density at radius 2 is 1.17 bits per heavy atom. The molecule has 3 aromatic heterocycles. The van der Waals surface area contributed by atoms with Crippen molar-refractivity contribution in [2.45, 2.75) is 0 Å². The third-order valence-electron chi connectivity index (χ3n) is 3.26. The van der Waals surface area contributed by atoms with Gasteiger partial charge in [0.05, 0.1) is 0 Å². The van der Waals surface area contributed by atoms with E-state index in [9.17, 15) is 0 Å². The van der Waals surface area contributed by atoms with Gasteiger partial charge in [0.25, 0.3) is 0 Å². The predicted octanol–water partition coefficient (Wildman–Crippen LogP) is 2.39. The number of rotatable bonds is 4. The highest BCUT2D eigenvalue weighted by Crippen LogP contribution is 2.26. The van der Waals surface area contributed by atoms with Gasteiger partial charge in [-0.3, -0.25) is 20.8 Å². The molecular formula is C16H15ClN6O. The molecule has 6 N–H and O–H groups in total. The lowest BCUT2D eigenvalue weighted by Crippen LogP contribution is -2.11. The molecule has 0 saturated carbocycles. The Kier molecular flexibility index (Phi) is 4.96. The van der Waals surface area contributed by atoms with E-state index in [0.717, 1.165) is 0 Å². The number of halogens is 1. The van der Waals surface area contributed by atoms with Crippen molar-refractivity contribution in [1.82, 2.24) is 9.97 Å². The van der Waals surface area contributed by atoms with Crippen molar-refractivity contribution >= 4 is 24.1 Å². The minimum Gasteiger partial charge on any atom is -0.453 e. The second-order valence-electron chi connectivity index (χ2n) is 4.86. The zero-order valence-electron chi connectivity index (χ0n) is 12.5. The molecule has 0 atom stereocenters. The van der Waals surface area contributed by atoms with E-state index in [-0.39, 0.29) is 24.1 Å². The second-order valence-corrected chi connectivity index (χ2v) is 4.86. The Morgan fingerprint density at radius 1 is 0.750 bits per heavy atom. The van der Waals surface area contributed by atoms with Crippen molar-refractivity contribution in [3.8, 4) is 22.9 Å². The van der Waals surface area contributed by atoms with Crippen LogP contribution in [0.25, 0.3) is 22.9 Å². The quantitative estimate of drug-likeness (QED) is 0.426. The van der Waals surface area contributed by atoms with Crippen molar-refractivity contribution in [2.24, 2.45) is 11.5 Å². The molecule has 122 valence electrons. The van der Waals surface area contributed by atoms with Crippen LogP contribution in [0.1, 0.15) is 11.1 Å². The molecule has 3 rings (SSSR count). The van der Waals surface area contributed by atoms with Crippen molar-refractivity contribution in [3.63, 3.8) is 0 Å². The molecule has 3 heterocycles. The first-order valence-corrected chi connectivity index (χ1v) is 6.76. The number of hydrogen-bond acceptors (Lipinski definition) is 5. The predicted molar refractivity (Wildman–Crippen MR) is 94.5 cm³/mol. The van der Waals surface area contributed by atoms with Crippen molar-refractivity contribution < 1.29 is 4.42 Å². The van der Waals surface area contributed by atoms with Crippen LogP contribution < -0.4 is 11.5 Å². The second kappa shape index (κ2) is 6.93. The maximum Gasteiger partial charge on any atom is 0.153 e. The summed E-state index contributed by atoms with van der Waals surface area (Å²) in [6.07, 6.45) is 3.06. The monoisotopic (exact) mass is 342 g/mol. The fraction of sp³-hybridized carbons (Fsp3) is 0. The third kappa shape index (κ3) is 3.41. The van der Waals surface area contributed by atoms with Gasteiger partial charge in [-0.15, -0.1) is 12.4 Å². The molecule has 0 unspecified atom stereocenters. The lowest BCUT2D eigenvalue weighted by Gasteiger charge is -2.01. The van der Waals surface area contributed by atoms with Crippen molar-refractivity contribution in [3.05, 3.63) is 59.9 Å². The Morgan fingerprint density at radius 3 is 1.46 bits per heavy atom. The van der Waals surface area contributed by atoms with Gasteiger partial charge in [-0.2, -0.15) is 0 Å². The standard InChI is InChI=1S/C16H14N6O.ClH/c17-15(18)9-1-3-11(21-7-9)13-5-6-14(23-13)12-4-2-10(8-22-12)16(19)20;/h1-8H,(H3,17,18)(H3,19,20);1H. The molecule has 0 aliphatic rings. The van der Waals surface area contributed by atoms with Crippen LogP contribution in [0, 0.1) is 10.8 Å². The highest BCUT2D eigenvalue weighted by molar-refractivity contribution is 5.95. The molecule has 0 aliphatic heterocycles. The largest absolute Gasteiger partial charge is 0.453 e. The lowest BCUT2D eigenvalue weighted by atomic mass is 10.2. The molecule has 0 saturated heterocycles. The number of furan rings is 1. The summed E-state index contributed by atoms with van der Waals surface area (Å²) in [6.45, 7) is 0. The summed E-state index contributed by atoms with van der Waals surface area (Å²) in [5, 5.41) is 14.7. The summed E-state index contributed by atoms with van der Waals surface area (Å²) in [7, 11) is 0. The van der Waals surface area contributed by atoms with Crippen LogP contribution in [0.2, 0.25) is 0 Å². The topological polar surface area (TPSA) is 139 Å². The molecule has 8 heteroatoms. The average Bonchev–Trinajstić information content (AvgIpc) is 3.05. The lowest BCUT2D eigenvalue weighted by molar-refractivity contribution is 0.592. The van der Waals surface area contributed by atoms with Gasteiger partial charge in [-0.1, -0.05) is 0 Å². The number of nitrogens with one attached hydrogen (secondary N) is 2. The van der Waals surface area contributed by atoms with Crippen LogP contribution in [0.5, 0.6) is 0 Å². The summed E-state index contributed by atoms with van der Waals surface area (Å²) in [5.74, 6) is 1.12. The van der Waals surface area contributed by atoms with Gasteiger partial charge in [-0.25, -0.2) is 0 Å². The zero-order valence-corrected chi connectivity index (χ0v) is 13.3. The van der Waals surface area contributed by atoms with E-state index in [0.29, 0.717) is 34.0 Å². The number of amidine groups is 2. The van der Waals surface area contributed by atoms with Crippen LogP contribution in [-0.4, -0.2) is 21.6 Å². The van der Waals surface area contributed by atoms with Gasteiger partial charge in [0, 0.05) is 23.5 Å². The minimum absolute atomic E-state index is 0. The Bertz CT molecular complexity index is 798. The van der Waals surface area contributed by atoms with Crippen LogP contribution >= 0.6 is 12.4 Å². The van der Waals surface area contributed by atoms with E-state index in [2.05, 4.69) is 9.97 Å². The minimum atomic E-state index is -0.0288. The number of hydrogen-bond donors (Lipinski definition) is 4. The van der Waals surface area contributed by atoms with E-state index in [1.807, 2.05) is 0 Å². The number of nitrogens with zero attached hydrogens (tertiary/aromatic N) is 2. The van der Waals surface area contributed by atoms with Gasteiger partial charge < -0.3 is 15.9 Å². The van der Waals surface area contributed by atoms with Gasteiger partial charge in [-0.05, 0) is 36.4 Å². The molecule has 3 aromatic rings. The van der Waals surface area contributed by atoms with Gasteiger partial charge >= 0.3 is 0 Å². The molecule has 0 aromatic carbocycles. The van der Waals surface area contributed by atoms with E-state index < -0.39 is 0 Å². The van der Waals surface area contributed by atoms with Crippen LogP contribution in [0.3, 0.4) is 0 Å². The number of aromatic nitrogens is 2. The van der Waals surface area contributed by atoms with Crippen LogP contribution in [0.15, 0.2) is 53.2 Å². The highest BCUT2D eigenvalue weighted by Gasteiger charge is 2.10. The van der Waals surface area contributed by atoms with Gasteiger partial charge in [0.15, 0.2) is 11.5 Å². The maximum absolute atomic E-state index is 7.36. The van der Waals surface area contributed by atoms with Crippen LogP contribution in [-0.2, 0) is 0 Å². The van der Waals surface area contributed by atoms with Crippen molar-refractivity contribution in [1.29, 1.82) is 10.8 Å². The van der Waals surface area contributed by atoms with E-state index in [1.165, 1.54) is 12.4 Å². The van der Waals surface area contributed by atoms with Gasteiger partial charge in [0.2, 0.25) is 0 Å². The molecular weight excluding hydrogens is 328 g/mol. The third-order valence-corrected chi connectivity index (χ3v) is 3.26. The van der Waals surface area contributed by atoms with Crippen LogP contribution in [0.4, 0.5) is 0 Å². The zero-order chi connectivity index (χ0) is 16.4. The Labute approximate surface area is 144 Å². The summed E-state index contributed by atoms with van der Waals surface area (Å²) < 4.78 is 5.76. The maximum atomic E-state index is 7.36. The van der Waals surface area contributed by atoms with E-state index in [4.69, 9.17) is 26.7 Å². The van der Waals surface area contributed by atoms with Crippen molar-refractivity contribution in [2.75, 3.05) is 0 Å². The number of nitrogen functional groups attached to an aromatic ring is 2.